The summed E-state index contributed by atoms with van der Waals surface area (Å²) in [5.74, 6) is 0.701. The number of nitriles is 1. The molecule has 1 aromatic carbocycles. The van der Waals surface area contributed by atoms with Gasteiger partial charge in [0.05, 0.1) is 24.7 Å². The van der Waals surface area contributed by atoms with Crippen LogP contribution in [0.1, 0.15) is 24.8 Å². The molecule has 0 aliphatic carbocycles. The Labute approximate surface area is 114 Å². The molecule has 4 nitrogen and oxygen atoms in total. The second kappa shape index (κ2) is 7.13. The average molecular weight is 261 g/mol. The summed E-state index contributed by atoms with van der Waals surface area (Å²) in [4.78, 5) is 1.47. The number of benzene rings is 1. The van der Waals surface area contributed by atoms with Crippen molar-refractivity contribution in [1.82, 2.24) is 0 Å². The standard InChI is InChI=1S/C15H20N2O2/c16-10-13-4-6-15(7-5-13)19-12-14(18)11-17-8-2-1-3-9-17/h4-7,14,18H,1-3,8-9,11-12H2/p+1/t14-/m1/s1. The van der Waals surface area contributed by atoms with E-state index in [2.05, 4.69) is 6.07 Å². The fraction of sp³-hybridized carbons (Fsp3) is 0.533. The number of hydrogen-bond acceptors (Lipinski definition) is 3. The van der Waals surface area contributed by atoms with Gasteiger partial charge in [-0.05, 0) is 43.5 Å². The van der Waals surface area contributed by atoms with Crippen molar-refractivity contribution < 1.29 is 14.7 Å². The number of likely N-dealkylation sites (tertiary alicyclic amines) is 1. The lowest BCUT2D eigenvalue weighted by molar-refractivity contribution is -0.908. The summed E-state index contributed by atoms with van der Waals surface area (Å²) < 4.78 is 5.54. The highest BCUT2D eigenvalue weighted by Crippen LogP contribution is 2.11. The van der Waals surface area contributed by atoms with E-state index < -0.39 is 6.10 Å². The molecule has 1 atom stereocenters. The van der Waals surface area contributed by atoms with Gasteiger partial charge in [0.25, 0.3) is 0 Å². The number of rotatable bonds is 5. The van der Waals surface area contributed by atoms with Gasteiger partial charge in [0, 0.05) is 0 Å². The van der Waals surface area contributed by atoms with Crippen molar-refractivity contribution in [3.8, 4) is 11.8 Å². The first-order valence-electron chi connectivity index (χ1n) is 6.92. The second-order valence-electron chi connectivity index (χ2n) is 5.12. The lowest BCUT2D eigenvalue weighted by Crippen LogP contribution is -3.14. The zero-order valence-electron chi connectivity index (χ0n) is 11.1. The smallest absolute Gasteiger partial charge is 0.137 e. The maximum Gasteiger partial charge on any atom is 0.137 e. The topological polar surface area (TPSA) is 57.7 Å². The molecule has 0 bridgehead atoms. The molecule has 2 N–H and O–H groups in total. The molecule has 19 heavy (non-hydrogen) atoms. The van der Waals surface area contributed by atoms with Gasteiger partial charge in [0.15, 0.2) is 0 Å². The molecule has 0 aromatic heterocycles. The van der Waals surface area contributed by atoms with E-state index >= 15 is 0 Å². The van der Waals surface area contributed by atoms with Gasteiger partial charge in [-0.2, -0.15) is 5.26 Å². The van der Waals surface area contributed by atoms with Crippen LogP contribution in [0.4, 0.5) is 0 Å². The molecule has 1 aliphatic rings. The number of piperidine rings is 1. The number of nitrogens with one attached hydrogen (secondary N) is 1. The van der Waals surface area contributed by atoms with E-state index in [0.29, 0.717) is 17.9 Å². The molecule has 0 unspecified atom stereocenters. The van der Waals surface area contributed by atoms with Gasteiger partial charge in [-0.3, -0.25) is 0 Å². The minimum absolute atomic E-state index is 0.315. The fourth-order valence-corrected chi connectivity index (χ4v) is 2.47. The van der Waals surface area contributed by atoms with Crippen molar-refractivity contribution in [1.29, 1.82) is 5.26 Å². The summed E-state index contributed by atoms with van der Waals surface area (Å²) >= 11 is 0. The molecule has 1 aliphatic heterocycles. The van der Waals surface area contributed by atoms with Crippen LogP contribution in [0.2, 0.25) is 0 Å². The highest BCUT2D eigenvalue weighted by molar-refractivity contribution is 5.34. The summed E-state index contributed by atoms with van der Waals surface area (Å²) in [5, 5.41) is 18.7. The molecule has 0 saturated carbocycles. The van der Waals surface area contributed by atoms with Crippen LogP contribution in [0.25, 0.3) is 0 Å². The third kappa shape index (κ3) is 4.55. The number of aliphatic hydroxyl groups excluding tert-OH is 1. The molecular formula is C15H21N2O2+. The van der Waals surface area contributed by atoms with Crippen molar-refractivity contribution in [3.05, 3.63) is 29.8 Å². The van der Waals surface area contributed by atoms with E-state index in [1.807, 2.05) is 0 Å². The lowest BCUT2D eigenvalue weighted by Gasteiger charge is -2.25. The minimum atomic E-state index is -0.427. The summed E-state index contributed by atoms with van der Waals surface area (Å²) in [6.07, 6.45) is 3.42. The Balaban J connectivity index is 1.73. The summed E-state index contributed by atoms with van der Waals surface area (Å²) in [7, 11) is 0. The molecule has 2 rings (SSSR count). The average Bonchev–Trinajstić information content (AvgIpc) is 2.47. The Kier molecular flexibility index (Phi) is 5.20. The van der Waals surface area contributed by atoms with Crippen LogP contribution < -0.4 is 9.64 Å². The van der Waals surface area contributed by atoms with Crippen LogP contribution in [0, 0.1) is 11.3 Å². The third-order valence-electron chi connectivity index (χ3n) is 3.51. The number of ether oxygens (including phenoxy) is 1. The molecule has 4 heteroatoms. The summed E-state index contributed by atoms with van der Waals surface area (Å²) in [6, 6.07) is 9.03. The first kappa shape index (κ1) is 13.9. The van der Waals surface area contributed by atoms with E-state index in [4.69, 9.17) is 10.00 Å². The molecule has 0 radical (unpaired) electrons. The van der Waals surface area contributed by atoms with Gasteiger partial charge < -0.3 is 14.7 Å². The Hall–Kier alpha value is -1.57. The zero-order valence-corrected chi connectivity index (χ0v) is 11.1. The van der Waals surface area contributed by atoms with Crippen LogP contribution in [0.5, 0.6) is 5.75 Å². The lowest BCUT2D eigenvalue weighted by atomic mass is 10.1. The van der Waals surface area contributed by atoms with Gasteiger partial charge in [-0.25, -0.2) is 0 Å². The van der Waals surface area contributed by atoms with E-state index in [9.17, 15) is 5.11 Å². The zero-order chi connectivity index (χ0) is 13.5. The Bertz CT molecular complexity index is 419. The monoisotopic (exact) mass is 261 g/mol. The van der Waals surface area contributed by atoms with E-state index in [0.717, 1.165) is 19.6 Å². The first-order valence-corrected chi connectivity index (χ1v) is 6.92. The van der Waals surface area contributed by atoms with Crippen molar-refractivity contribution in [3.63, 3.8) is 0 Å². The molecule has 0 spiro atoms. The number of hydrogen-bond donors (Lipinski definition) is 2. The normalized spacial score (nSPS) is 17.7. The summed E-state index contributed by atoms with van der Waals surface area (Å²) in [5.41, 5.74) is 0.616. The van der Waals surface area contributed by atoms with Gasteiger partial charge in [-0.15, -0.1) is 0 Å². The van der Waals surface area contributed by atoms with E-state index in [1.165, 1.54) is 24.2 Å². The Morgan fingerprint density at radius 1 is 1.21 bits per heavy atom. The number of aliphatic hydroxyl groups is 1. The SMILES string of the molecule is N#Cc1ccc(OC[C@H](O)C[NH+]2CCCCC2)cc1. The minimum Gasteiger partial charge on any atom is -0.491 e. The highest BCUT2D eigenvalue weighted by atomic mass is 16.5. The predicted molar refractivity (Wildman–Crippen MR) is 72.1 cm³/mol. The van der Waals surface area contributed by atoms with Crippen LogP contribution >= 0.6 is 0 Å². The maximum atomic E-state index is 9.97. The van der Waals surface area contributed by atoms with Crippen molar-refractivity contribution in [2.45, 2.75) is 25.4 Å². The molecule has 1 saturated heterocycles. The molecule has 0 amide bonds. The molecule has 102 valence electrons. The van der Waals surface area contributed by atoms with Crippen LogP contribution in [0.15, 0.2) is 24.3 Å². The van der Waals surface area contributed by atoms with Crippen LogP contribution in [-0.4, -0.2) is 37.5 Å². The third-order valence-corrected chi connectivity index (χ3v) is 3.51. The van der Waals surface area contributed by atoms with Gasteiger partial charge >= 0.3 is 0 Å². The number of nitrogens with zero attached hydrogens (tertiary/aromatic N) is 1. The molecule has 1 fully saturated rings. The predicted octanol–water partition coefficient (Wildman–Crippen LogP) is 0.367. The first-order chi connectivity index (χ1) is 9.28. The largest absolute Gasteiger partial charge is 0.491 e. The molecule has 1 aromatic rings. The fourth-order valence-electron chi connectivity index (χ4n) is 2.47. The van der Waals surface area contributed by atoms with E-state index in [1.54, 1.807) is 24.3 Å². The van der Waals surface area contributed by atoms with Gasteiger partial charge in [0.2, 0.25) is 0 Å². The number of quaternary nitrogens is 1. The van der Waals surface area contributed by atoms with Crippen molar-refractivity contribution >= 4 is 0 Å². The van der Waals surface area contributed by atoms with Crippen molar-refractivity contribution in [2.75, 3.05) is 26.2 Å². The quantitative estimate of drug-likeness (QED) is 0.805. The van der Waals surface area contributed by atoms with E-state index in [-0.39, 0.29) is 0 Å². The van der Waals surface area contributed by atoms with Crippen LogP contribution in [0.3, 0.4) is 0 Å². The molecule has 1 heterocycles. The van der Waals surface area contributed by atoms with Gasteiger partial charge in [-0.1, -0.05) is 0 Å². The van der Waals surface area contributed by atoms with Crippen LogP contribution in [-0.2, 0) is 0 Å². The molecular weight excluding hydrogens is 240 g/mol. The maximum absolute atomic E-state index is 9.97. The summed E-state index contributed by atoms with van der Waals surface area (Å²) in [6.45, 7) is 3.40. The van der Waals surface area contributed by atoms with Gasteiger partial charge in [0.1, 0.15) is 25.0 Å². The van der Waals surface area contributed by atoms with Crippen molar-refractivity contribution in [2.24, 2.45) is 0 Å². The Morgan fingerprint density at radius 2 is 1.89 bits per heavy atom. The Morgan fingerprint density at radius 3 is 2.53 bits per heavy atom. The highest BCUT2D eigenvalue weighted by Gasteiger charge is 2.18. The second-order valence-corrected chi connectivity index (χ2v) is 5.12.